The Balaban J connectivity index is 1.88. The van der Waals surface area contributed by atoms with Crippen LogP contribution < -0.4 is 5.32 Å². The Hall–Kier alpha value is -0.600. The molecule has 1 aromatic rings. The maximum absolute atomic E-state index is 12.9. The van der Waals surface area contributed by atoms with E-state index in [9.17, 15) is 4.39 Å². The summed E-state index contributed by atoms with van der Waals surface area (Å²) in [7, 11) is 0. The lowest BCUT2D eigenvalue weighted by molar-refractivity contribution is 0.380. The van der Waals surface area contributed by atoms with Gasteiger partial charge >= 0.3 is 0 Å². The van der Waals surface area contributed by atoms with E-state index >= 15 is 0 Å². The molecule has 17 heavy (non-hydrogen) atoms. The molecule has 1 aliphatic carbocycles. The molecule has 0 aromatic heterocycles. The second-order valence-corrected chi connectivity index (χ2v) is 5.36. The zero-order chi connectivity index (χ0) is 12.3. The molecular formula is C14H19ClFN. The zero-order valence-corrected chi connectivity index (χ0v) is 10.9. The molecule has 1 aliphatic rings. The van der Waals surface area contributed by atoms with Gasteiger partial charge < -0.3 is 5.32 Å². The quantitative estimate of drug-likeness (QED) is 0.852. The average molecular weight is 256 g/mol. The molecule has 0 amide bonds. The van der Waals surface area contributed by atoms with Crippen molar-refractivity contribution >= 4 is 11.6 Å². The summed E-state index contributed by atoms with van der Waals surface area (Å²) in [6.07, 6.45) is 5.36. The third-order valence-electron chi connectivity index (χ3n) is 3.74. The van der Waals surface area contributed by atoms with Gasteiger partial charge in [0, 0.05) is 17.6 Å². The van der Waals surface area contributed by atoms with Crippen molar-refractivity contribution in [2.24, 2.45) is 5.92 Å². The van der Waals surface area contributed by atoms with Crippen LogP contribution in [-0.4, -0.2) is 6.04 Å². The Kier molecular flexibility index (Phi) is 4.41. The van der Waals surface area contributed by atoms with Crippen LogP contribution >= 0.6 is 11.6 Å². The largest absolute Gasteiger partial charge is 0.310 e. The Morgan fingerprint density at radius 1 is 1.41 bits per heavy atom. The molecule has 1 atom stereocenters. The van der Waals surface area contributed by atoms with Gasteiger partial charge in [0.2, 0.25) is 0 Å². The summed E-state index contributed by atoms with van der Waals surface area (Å²) in [6, 6.07) is 5.10. The van der Waals surface area contributed by atoms with Crippen molar-refractivity contribution in [2.75, 3.05) is 0 Å². The molecule has 0 bridgehead atoms. The van der Waals surface area contributed by atoms with Gasteiger partial charge in [-0.2, -0.15) is 0 Å². The van der Waals surface area contributed by atoms with Crippen molar-refractivity contribution in [1.82, 2.24) is 5.32 Å². The minimum absolute atomic E-state index is 0.275. The van der Waals surface area contributed by atoms with Crippen LogP contribution in [0.1, 0.15) is 38.2 Å². The first-order chi connectivity index (χ1) is 8.16. The van der Waals surface area contributed by atoms with Crippen molar-refractivity contribution in [3.8, 4) is 0 Å². The summed E-state index contributed by atoms with van der Waals surface area (Å²) in [5, 5.41) is 4.00. The van der Waals surface area contributed by atoms with Gasteiger partial charge in [0.05, 0.1) is 0 Å². The van der Waals surface area contributed by atoms with Crippen molar-refractivity contribution in [3.63, 3.8) is 0 Å². The fourth-order valence-corrected chi connectivity index (χ4v) is 2.79. The summed E-state index contributed by atoms with van der Waals surface area (Å²) in [6.45, 7) is 2.95. The lowest BCUT2D eigenvalue weighted by atomic mass is 9.99. The minimum Gasteiger partial charge on any atom is -0.310 e. The lowest BCUT2D eigenvalue weighted by Gasteiger charge is -2.20. The number of hydrogen-bond acceptors (Lipinski definition) is 1. The smallest absolute Gasteiger partial charge is 0.124 e. The Bertz CT molecular complexity index is 374. The van der Waals surface area contributed by atoms with Crippen LogP contribution in [0.5, 0.6) is 0 Å². The molecule has 0 radical (unpaired) electrons. The fourth-order valence-electron chi connectivity index (χ4n) is 2.56. The normalized spacial score (nSPS) is 18.5. The molecule has 94 valence electrons. The van der Waals surface area contributed by atoms with Crippen LogP contribution in [0.15, 0.2) is 18.2 Å². The Morgan fingerprint density at radius 3 is 2.76 bits per heavy atom. The third-order valence-corrected chi connectivity index (χ3v) is 4.09. The highest BCUT2D eigenvalue weighted by atomic mass is 35.5. The third kappa shape index (κ3) is 3.43. The lowest BCUT2D eigenvalue weighted by Crippen LogP contribution is -2.31. The van der Waals surface area contributed by atoms with Gasteiger partial charge in [0.15, 0.2) is 0 Å². The predicted molar refractivity (Wildman–Crippen MR) is 69.7 cm³/mol. The summed E-state index contributed by atoms with van der Waals surface area (Å²) in [4.78, 5) is 0. The average Bonchev–Trinajstić information content (AvgIpc) is 2.81. The van der Waals surface area contributed by atoms with Crippen LogP contribution in [0.3, 0.4) is 0 Å². The first-order valence-electron chi connectivity index (χ1n) is 6.34. The SMILES string of the molecule is C[C@@H](NCc1ccc(F)cc1Cl)C1CCCC1. The molecule has 1 saturated carbocycles. The van der Waals surface area contributed by atoms with E-state index in [-0.39, 0.29) is 5.82 Å². The van der Waals surface area contributed by atoms with Crippen LogP contribution in [0.2, 0.25) is 5.02 Å². The predicted octanol–water partition coefficient (Wildman–Crippen LogP) is 4.15. The second kappa shape index (κ2) is 5.83. The highest BCUT2D eigenvalue weighted by Gasteiger charge is 2.20. The van der Waals surface area contributed by atoms with Gasteiger partial charge in [-0.3, -0.25) is 0 Å². The van der Waals surface area contributed by atoms with Gasteiger partial charge in [0.1, 0.15) is 5.82 Å². The zero-order valence-electron chi connectivity index (χ0n) is 10.2. The van der Waals surface area contributed by atoms with Crippen molar-refractivity contribution < 1.29 is 4.39 Å². The number of nitrogens with one attached hydrogen (secondary N) is 1. The van der Waals surface area contributed by atoms with E-state index in [0.29, 0.717) is 11.1 Å². The number of rotatable bonds is 4. The molecule has 0 aliphatic heterocycles. The van der Waals surface area contributed by atoms with E-state index < -0.39 is 0 Å². The molecule has 1 nitrogen and oxygen atoms in total. The van der Waals surface area contributed by atoms with Gasteiger partial charge in [-0.05, 0) is 43.4 Å². The first-order valence-corrected chi connectivity index (χ1v) is 6.72. The molecule has 2 rings (SSSR count). The standard InChI is InChI=1S/C14H19ClFN/c1-10(11-4-2-3-5-11)17-9-12-6-7-13(16)8-14(12)15/h6-8,10-11,17H,2-5,9H2,1H3/t10-/m1/s1. The van der Waals surface area contributed by atoms with Crippen LogP contribution in [-0.2, 0) is 6.54 Å². The Morgan fingerprint density at radius 2 is 2.12 bits per heavy atom. The molecule has 0 spiro atoms. The number of benzene rings is 1. The minimum atomic E-state index is -0.275. The van der Waals surface area contributed by atoms with Crippen LogP contribution in [0.4, 0.5) is 4.39 Å². The highest BCUT2D eigenvalue weighted by Crippen LogP contribution is 2.28. The van der Waals surface area contributed by atoms with Gasteiger partial charge in [-0.25, -0.2) is 4.39 Å². The summed E-state index contributed by atoms with van der Waals surface area (Å²) < 4.78 is 12.9. The second-order valence-electron chi connectivity index (χ2n) is 4.95. The molecule has 1 aromatic carbocycles. The van der Waals surface area contributed by atoms with Crippen molar-refractivity contribution in [3.05, 3.63) is 34.6 Å². The van der Waals surface area contributed by atoms with Gasteiger partial charge in [-0.1, -0.05) is 30.5 Å². The van der Waals surface area contributed by atoms with Crippen LogP contribution in [0.25, 0.3) is 0 Å². The monoisotopic (exact) mass is 255 g/mol. The first kappa shape index (κ1) is 12.8. The van der Waals surface area contributed by atoms with Crippen molar-refractivity contribution in [1.29, 1.82) is 0 Å². The summed E-state index contributed by atoms with van der Waals surface area (Å²) in [5.74, 6) is 0.511. The van der Waals surface area contributed by atoms with E-state index in [1.165, 1.54) is 37.8 Å². The van der Waals surface area contributed by atoms with E-state index in [4.69, 9.17) is 11.6 Å². The van der Waals surface area contributed by atoms with E-state index in [0.717, 1.165) is 18.0 Å². The molecule has 0 unspecified atom stereocenters. The maximum Gasteiger partial charge on any atom is 0.124 e. The number of halogens is 2. The van der Waals surface area contributed by atoms with Gasteiger partial charge in [0.25, 0.3) is 0 Å². The maximum atomic E-state index is 12.9. The molecule has 1 N–H and O–H groups in total. The summed E-state index contributed by atoms with van der Waals surface area (Å²) in [5.41, 5.74) is 0.970. The highest BCUT2D eigenvalue weighted by molar-refractivity contribution is 6.31. The molecule has 1 fully saturated rings. The molecule has 0 heterocycles. The Labute approximate surface area is 107 Å². The molecular weight excluding hydrogens is 237 g/mol. The fraction of sp³-hybridized carbons (Fsp3) is 0.571. The number of hydrogen-bond donors (Lipinski definition) is 1. The van der Waals surface area contributed by atoms with E-state index in [2.05, 4.69) is 12.2 Å². The van der Waals surface area contributed by atoms with Crippen molar-refractivity contribution in [2.45, 2.75) is 45.2 Å². The van der Waals surface area contributed by atoms with E-state index in [1.54, 1.807) is 6.07 Å². The molecule has 0 saturated heterocycles. The van der Waals surface area contributed by atoms with Gasteiger partial charge in [-0.15, -0.1) is 0 Å². The molecule has 3 heteroatoms. The van der Waals surface area contributed by atoms with E-state index in [1.807, 2.05) is 0 Å². The topological polar surface area (TPSA) is 12.0 Å². The van der Waals surface area contributed by atoms with Crippen LogP contribution in [0, 0.1) is 11.7 Å². The summed E-state index contributed by atoms with van der Waals surface area (Å²) >= 11 is 5.99.